The summed E-state index contributed by atoms with van der Waals surface area (Å²) in [5.74, 6) is -0.785. The second kappa shape index (κ2) is 14.3. The van der Waals surface area contributed by atoms with Crippen LogP contribution in [0.3, 0.4) is 0 Å². The molecule has 1 atom stereocenters. The van der Waals surface area contributed by atoms with Crippen molar-refractivity contribution in [3.8, 4) is 0 Å². The molecule has 0 saturated heterocycles. The quantitative estimate of drug-likeness (QED) is 0.278. The minimum atomic E-state index is -4.12. The van der Waals surface area contributed by atoms with Gasteiger partial charge in [0.2, 0.25) is 11.8 Å². The molecule has 0 spiro atoms. The predicted molar refractivity (Wildman–Crippen MR) is 161 cm³/mol. The number of para-hydroxylation sites is 1. The highest BCUT2D eigenvalue weighted by Crippen LogP contribution is 2.29. The first kappa shape index (κ1) is 31.2. The van der Waals surface area contributed by atoms with Crippen molar-refractivity contribution in [1.82, 2.24) is 10.2 Å². The van der Waals surface area contributed by atoms with E-state index in [0.717, 1.165) is 21.9 Å². The summed E-state index contributed by atoms with van der Waals surface area (Å²) in [4.78, 5) is 28.9. The molecule has 0 heterocycles. The van der Waals surface area contributed by atoms with Crippen LogP contribution in [0.15, 0.2) is 77.7 Å². The molecule has 0 aliphatic heterocycles. The summed E-state index contributed by atoms with van der Waals surface area (Å²) in [6.45, 7) is 7.65. The molecule has 7 nitrogen and oxygen atoms in total. The molecular weight excluding hydrogens is 546 g/mol. The van der Waals surface area contributed by atoms with Crippen LogP contribution >= 0.6 is 11.6 Å². The molecule has 9 heteroatoms. The van der Waals surface area contributed by atoms with Crippen molar-refractivity contribution in [3.05, 3.63) is 94.5 Å². The van der Waals surface area contributed by atoms with E-state index in [-0.39, 0.29) is 17.3 Å². The summed E-state index contributed by atoms with van der Waals surface area (Å²) in [5.41, 5.74) is 2.81. The number of rotatable bonds is 13. The summed E-state index contributed by atoms with van der Waals surface area (Å²) in [7, 11) is -4.12. The van der Waals surface area contributed by atoms with Gasteiger partial charge in [0.1, 0.15) is 12.6 Å². The Kier molecular flexibility index (Phi) is 11.2. The van der Waals surface area contributed by atoms with Crippen LogP contribution < -0.4 is 9.62 Å². The van der Waals surface area contributed by atoms with E-state index in [9.17, 15) is 18.0 Å². The smallest absolute Gasteiger partial charge is 0.264 e. The normalized spacial score (nSPS) is 12.0. The van der Waals surface area contributed by atoms with Crippen molar-refractivity contribution in [1.29, 1.82) is 0 Å². The Morgan fingerprint density at radius 1 is 0.900 bits per heavy atom. The third-order valence-corrected chi connectivity index (χ3v) is 8.91. The number of carbonyl (C=O) groups is 2. The van der Waals surface area contributed by atoms with Crippen molar-refractivity contribution in [2.75, 3.05) is 17.4 Å². The van der Waals surface area contributed by atoms with Gasteiger partial charge in [0.15, 0.2) is 0 Å². The molecule has 0 aromatic heterocycles. The number of nitrogens with one attached hydrogen (secondary N) is 1. The lowest BCUT2D eigenvalue weighted by Gasteiger charge is -2.34. The molecule has 1 N–H and O–H groups in total. The van der Waals surface area contributed by atoms with Gasteiger partial charge in [0.05, 0.1) is 10.6 Å². The zero-order valence-electron chi connectivity index (χ0n) is 23.6. The van der Waals surface area contributed by atoms with Crippen LogP contribution in [0.1, 0.15) is 50.3 Å². The van der Waals surface area contributed by atoms with E-state index < -0.39 is 28.5 Å². The maximum atomic E-state index is 14.1. The van der Waals surface area contributed by atoms with Crippen LogP contribution in [0, 0.1) is 6.92 Å². The van der Waals surface area contributed by atoms with E-state index in [2.05, 4.69) is 5.32 Å². The van der Waals surface area contributed by atoms with Gasteiger partial charge >= 0.3 is 0 Å². The summed E-state index contributed by atoms with van der Waals surface area (Å²) in [6, 6.07) is 20.0. The number of carbonyl (C=O) groups excluding carboxylic acids is 2. The third-order valence-electron chi connectivity index (χ3n) is 6.76. The Labute approximate surface area is 243 Å². The number of amides is 2. The Bertz CT molecular complexity index is 1410. The van der Waals surface area contributed by atoms with Crippen molar-refractivity contribution >= 4 is 39.1 Å². The monoisotopic (exact) mass is 583 g/mol. The SMILES string of the molecule is CCCNC(=O)[C@@H](CC)N(Cc1ccccc1Cl)C(=O)CN(c1ccccc1CC)S(=O)(=O)c1ccc(C)cc1. The highest BCUT2D eigenvalue weighted by molar-refractivity contribution is 7.92. The van der Waals surface area contributed by atoms with E-state index in [1.165, 1.54) is 4.90 Å². The first-order valence-electron chi connectivity index (χ1n) is 13.6. The van der Waals surface area contributed by atoms with Gasteiger partial charge in [-0.1, -0.05) is 86.5 Å². The number of hydrogen-bond acceptors (Lipinski definition) is 4. The third kappa shape index (κ3) is 7.43. The Morgan fingerprint density at radius 2 is 1.52 bits per heavy atom. The van der Waals surface area contributed by atoms with E-state index in [1.54, 1.807) is 54.6 Å². The summed E-state index contributed by atoms with van der Waals surface area (Å²) >= 11 is 6.45. The second-order valence-electron chi connectivity index (χ2n) is 9.64. The average molecular weight is 584 g/mol. The van der Waals surface area contributed by atoms with E-state index in [4.69, 9.17) is 11.6 Å². The lowest BCUT2D eigenvalue weighted by Crippen LogP contribution is -2.52. The molecule has 0 fully saturated rings. The van der Waals surface area contributed by atoms with Crippen LogP contribution in [0.25, 0.3) is 0 Å². The first-order valence-corrected chi connectivity index (χ1v) is 15.4. The largest absolute Gasteiger partial charge is 0.354 e. The predicted octanol–water partition coefficient (Wildman–Crippen LogP) is 5.74. The molecule has 0 unspecified atom stereocenters. The standard InChI is InChI=1S/C31H38ClN3O4S/c1-5-20-33-31(37)28(7-3)34(21-25-13-8-10-14-27(25)32)30(36)22-35(29-15-11-9-12-24(29)6-2)40(38,39)26-18-16-23(4)17-19-26/h8-19,28H,5-7,20-22H2,1-4H3,(H,33,37)/t28-/m1/s1. The molecule has 0 bridgehead atoms. The van der Waals surface area contributed by atoms with Gasteiger partial charge in [-0.2, -0.15) is 0 Å². The molecule has 3 aromatic carbocycles. The van der Waals surface area contributed by atoms with Gasteiger partial charge in [-0.25, -0.2) is 8.42 Å². The zero-order valence-corrected chi connectivity index (χ0v) is 25.1. The van der Waals surface area contributed by atoms with E-state index in [0.29, 0.717) is 35.7 Å². The number of nitrogens with zero attached hydrogens (tertiary/aromatic N) is 2. The second-order valence-corrected chi connectivity index (χ2v) is 11.9. The van der Waals surface area contributed by atoms with Gasteiger partial charge in [-0.05, 0) is 61.6 Å². The van der Waals surface area contributed by atoms with Crippen molar-refractivity contribution in [3.63, 3.8) is 0 Å². The molecule has 3 aromatic rings. The Hall–Kier alpha value is -3.36. The number of anilines is 1. The average Bonchev–Trinajstić information content (AvgIpc) is 2.95. The van der Waals surface area contributed by atoms with Gasteiger partial charge in [-0.3, -0.25) is 13.9 Å². The molecule has 0 saturated carbocycles. The Balaban J connectivity index is 2.10. The van der Waals surface area contributed by atoms with Gasteiger partial charge < -0.3 is 10.2 Å². The number of aryl methyl sites for hydroxylation is 2. The van der Waals surface area contributed by atoms with Crippen molar-refractivity contribution < 1.29 is 18.0 Å². The highest BCUT2D eigenvalue weighted by atomic mass is 35.5. The molecule has 214 valence electrons. The molecule has 0 aliphatic rings. The number of benzene rings is 3. The van der Waals surface area contributed by atoms with Gasteiger partial charge in [0, 0.05) is 18.1 Å². The highest BCUT2D eigenvalue weighted by Gasteiger charge is 2.34. The summed E-state index contributed by atoms with van der Waals surface area (Å²) in [5, 5.41) is 3.35. The molecular formula is C31H38ClN3O4S. The number of halogens is 1. The maximum Gasteiger partial charge on any atom is 0.264 e. The lowest BCUT2D eigenvalue weighted by atomic mass is 10.1. The molecule has 3 rings (SSSR count). The number of hydrogen-bond donors (Lipinski definition) is 1. The molecule has 2 amide bonds. The number of sulfonamides is 1. The van der Waals surface area contributed by atoms with Crippen LogP contribution in [-0.2, 0) is 32.6 Å². The van der Waals surface area contributed by atoms with Crippen LogP contribution in [0.2, 0.25) is 5.02 Å². The van der Waals surface area contributed by atoms with Gasteiger partial charge in [-0.15, -0.1) is 0 Å². The van der Waals surface area contributed by atoms with E-state index >= 15 is 0 Å². The lowest BCUT2D eigenvalue weighted by molar-refractivity contribution is -0.140. The van der Waals surface area contributed by atoms with E-state index in [1.807, 2.05) is 45.9 Å². The van der Waals surface area contributed by atoms with Crippen molar-refractivity contribution in [2.45, 2.75) is 64.4 Å². The zero-order chi connectivity index (χ0) is 29.3. The minimum absolute atomic E-state index is 0.0599. The molecule has 0 aliphatic carbocycles. The molecule has 0 radical (unpaired) electrons. The van der Waals surface area contributed by atoms with Crippen molar-refractivity contribution in [2.24, 2.45) is 0 Å². The summed E-state index contributed by atoms with van der Waals surface area (Å²) < 4.78 is 29.3. The fourth-order valence-corrected chi connectivity index (χ4v) is 6.15. The fraction of sp³-hybridized carbons (Fsp3) is 0.355. The maximum absolute atomic E-state index is 14.1. The first-order chi connectivity index (χ1) is 19.1. The Morgan fingerprint density at radius 3 is 2.12 bits per heavy atom. The summed E-state index contributed by atoms with van der Waals surface area (Å²) in [6.07, 6.45) is 1.67. The van der Waals surface area contributed by atoms with Crippen LogP contribution in [0.4, 0.5) is 5.69 Å². The van der Waals surface area contributed by atoms with Crippen LogP contribution in [-0.4, -0.2) is 44.3 Å². The minimum Gasteiger partial charge on any atom is -0.354 e. The topological polar surface area (TPSA) is 86.8 Å². The fourth-order valence-electron chi connectivity index (χ4n) is 4.50. The van der Waals surface area contributed by atoms with Crippen LogP contribution in [0.5, 0.6) is 0 Å². The van der Waals surface area contributed by atoms with Gasteiger partial charge in [0.25, 0.3) is 10.0 Å². The molecule has 40 heavy (non-hydrogen) atoms.